The van der Waals surface area contributed by atoms with E-state index in [-0.39, 0.29) is 10.6 Å². The minimum atomic E-state index is -0.632. The Hall–Kier alpha value is -1.53. The third kappa shape index (κ3) is 3.57. The highest BCUT2D eigenvalue weighted by Crippen LogP contribution is 2.26. The summed E-state index contributed by atoms with van der Waals surface area (Å²) in [6, 6.07) is 1.75. The summed E-state index contributed by atoms with van der Waals surface area (Å²) < 4.78 is 29.4. The van der Waals surface area contributed by atoms with Gasteiger partial charge in [-0.2, -0.15) is 5.10 Å². The van der Waals surface area contributed by atoms with E-state index < -0.39 is 17.7 Å². The number of halogens is 3. The Morgan fingerprint density at radius 1 is 1.29 bits per heavy atom. The van der Waals surface area contributed by atoms with Gasteiger partial charge in [-0.3, -0.25) is 4.68 Å². The van der Waals surface area contributed by atoms with E-state index >= 15 is 0 Å². The lowest BCUT2D eigenvalue weighted by Gasteiger charge is -2.19. The molecule has 1 heterocycles. The highest BCUT2D eigenvalue weighted by molar-refractivity contribution is 6.30. The Labute approximate surface area is 127 Å². The largest absolute Gasteiger partial charge is 0.310 e. The number of hydrogen-bond acceptors (Lipinski definition) is 3. The highest BCUT2D eigenvalue weighted by Gasteiger charge is 2.20. The number of nitrogens with zero attached hydrogens (tertiary/aromatic N) is 3. The smallest absolute Gasteiger partial charge is 0.142 e. The summed E-state index contributed by atoms with van der Waals surface area (Å²) in [4.78, 5) is 4.17. The van der Waals surface area contributed by atoms with Crippen molar-refractivity contribution in [2.24, 2.45) is 0 Å². The van der Waals surface area contributed by atoms with Crippen LogP contribution >= 0.6 is 11.6 Å². The van der Waals surface area contributed by atoms with Crippen molar-refractivity contribution >= 4 is 11.6 Å². The van der Waals surface area contributed by atoms with Crippen LogP contribution in [-0.4, -0.2) is 21.3 Å². The lowest BCUT2D eigenvalue weighted by molar-refractivity contribution is 0.480. The molecule has 0 aliphatic carbocycles. The molecule has 0 fully saturated rings. The van der Waals surface area contributed by atoms with Crippen molar-refractivity contribution in [3.8, 4) is 0 Å². The van der Waals surface area contributed by atoms with Crippen molar-refractivity contribution in [2.75, 3.05) is 6.54 Å². The summed E-state index contributed by atoms with van der Waals surface area (Å²) in [5, 5.41) is 7.01. The third-order valence-electron chi connectivity index (χ3n) is 3.25. The predicted octanol–water partition coefficient (Wildman–Crippen LogP) is 3.12. The predicted molar refractivity (Wildman–Crippen MR) is 77.2 cm³/mol. The number of nitrogens with one attached hydrogen (secondary N) is 1. The molecular weight excluding hydrogens is 298 g/mol. The summed E-state index contributed by atoms with van der Waals surface area (Å²) in [6.07, 6.45) is 1.88. The molecule has 1 unspecified atom stereocenters. The first-order chi connectivity index (χ1) is 10.1. The van der Waals surface area contributed by atoms with Crippen LogP contribution in [0.15, 0.2) is 18.5 Å². The van der Waals surface area contributed by atoms with Gasteiger partial charge in [0.25, 0.3) is 0 Å². The molecule has 4 nitrogen and oxygen atoms in total. The summed E-state index contributed by atoms with van der Waals surface area (Å²) in [5.41, 5.74) is 0.240. The van der Waals surface area contributed by atoms with Gasteiger partial charge in [0.2, 0.25) is 0 Å². The Morgan fingerprint density at radius 2 is 2.05 bits per heavy atom. The molecule has 0 amide bonds. The SMILES string of the molecule is CCNC(Cc1ncnn1CC)c1cc(F)c(Cl)cc1F. The molecular formula is C14H17ClF2N4. The molecule has 1 aromatic heterocycles. The standard InChI is InChI=1S/C14H17ClF2N4/c1-3-18-13(7-14-19-8-20-21(14)4-2)9-5-12(17)10(15)6-11(9)16/h5-6,8,13,18H,3-4,7H2,1-2H3. The van der Waals surface area contributed by atoms with Crippen molar-refractivity contribution in [2.45, 2.75) is 32.9 Å². The van der Waals surface area contributed by atoms with E-state index in [1.807, 2.05) is 13.8 Å². The molecule has 1 atom stereocenters. The van der Waals surface area contributed by atoms with Gasteiger partial charge in [-0.15, -0.1) is 0 Å². The first-order valence-corrected chi connectivity index (χ1v) is 7.19. The van der Waals surface area contributed by atoms with Crippen LogP contribution in [0.25, 0.3) is 0 Å². The number of rotatable bonds is 6. The molecule has 21 heavy (non-hydrogen) atoms. The molecule has 1 aromatic carbocycles. The molecule has 7 heteroatoms. The van der Waals surface area contributed by atoms with Crippen LogP contribution in [0.5, 0.6) is 0 Å². The van der Waals surface area contributed by atoms with E-state index in [0.29, 0.717) is 19.5 Å². The molecule has 0 saturated carbocycles. The number of aryl methyl sites for hydroxylation is 1. The van der Waals surface area contributed by atoms with Gasteiger partial charge in [-0.25, -0.2) is 13.8 Å². The summed E-state index contributed by atoms with van der Waals surface area (Å²) >= 11 is 5.60. The summed E-state index contributed by atoms with van der Waals surface area (Å²) in [5.74, 6) is -0.443. The average molecular weight is 315 g/mol. The van der Waals surface area contributed by atoms with E-state index in [9.17, 15) is 8.78 Å². The topological polar surface area (TPSA) is 42.7 Å². The molecule has 0 radical (unpaired) electrons. The first kappa shape index (κ1) is 15.9. The van der Waals surface area contributed by atoms with Gasteiger partial charge in [-0.05, 0) is 25.6 Å². The van der Waals surface area contributed by atoms with Crippen molar-refractivity contribution < 1.29 is 8.78 Å². The molecule has 114 valence electrons. The van der Waals surface area contributed by atoms with E-state index in [0.717, 1.165) is 18.0 Å². The quantitative estimate of drug-likeness (QED) is 0.833. The van der Waals surface area contributed by atoms with Crippen molar-refractivity contribution in [3.63, 3.8) is 0 Å². The van der Waals surface area contributed by atoms with Crippen LogP contribution in [0.2, 0.25) is 5.02 Å². The second-order valence-corrected chi connectivity index (χ2v) is 5.00. The Bertz CT molecular complexity index is 615. The molecule has 0 aliphatic heterocycles. The van der Waals surface area contributed by atoms with Crippen molar-refractivity contribution in [3.05, 3.63) is 46.5 Å². The zero-order chi connectivity index (χ0) is 15.4. The zero-order valence-electron chi connectivity index (χ0n) is 11.9. The summed E-state index contributed by atoms with van der Waals surface area (Å²) in [7, 11) is 0. The fourth-order valence-electron chi connectivity index (χ4n) is 2.24. The van der Waals surface area contributed by atoms with E-state index in [2.05, 4.69) is 15.4 Å². The Balaban J connectivity index is 2.33. The maximum atomic E-state index is 14.1. The lowest BCUT2D eigenvalue weighted by Crippen LogP contribution is -2.25. The molecule has 0 spiro atoms. The van der Waals surface area contributed by atoms with Crippen molar-refractivity contribution in [1.29, 1.82) is 0 Å². The fourth-order valence-corrected chi connectivity index (χ4v) is 2.39. The van der Waals surface area contributed by atoms with Gasteiger partial charge in [-0.1, -0.05) is 18.5 Å². The van der Waals surface area contributed by atoms with Gasteiger partial charge in [0.1, 0.15) is 23.8 Å². The lowest BCUT2D eigenvalue weighted by atomic mass is 10.0. The van der Waals surface area contributed by atoms with Gasteiger partial charge in [0, 0.05) is 24.6 Å². The van der Waals surface area contributed by atoms with Gasteiger partial charge >= 0.3 is 0 Å². The maximum absolute atomic E-state index is 14.1. The van der Waals surface area contributed by atoms with Crippen LogP contribution < -0.4 is 5.32 Å². The molecule has 0 saturated heterocycles. The van der Waals surface area contributed by atoms with E-state index in [1.54, 1.807) is 4.68 Å². The summed E-state index contributed by atoms with van der Waals surface area (Å²) in [6.45, 7) is 5.14. The fraction of sp³-hybridized carbons (Fsp3) is 0.429. The van der Waals surface area contributed by atoms with Crippen LogP contribution in [-0.2, 0) is 13.0 Å². The van der Waals surface area contributed by atoms with Gasteiger partial charge in [0.15, 0.2) is 0 Å². The van der Waals surface area contributed by atoms with Crippen LogP contribution in [0.4, 0.5) is 8.78 Å². The van der Waals surface area contributed by atoms with Gasteiger partial charge in [0.05, 0.1) is 5.02 Å². The second-order valence-electron chi connectivity index (χ2n) is 4.59. The number of likely N-dealkylation sites (N-methyl/N-ethyl adjacent to an activating group) is 1. The molecule has 0 aliphatic rings. The van der Waals surface area contributed by atoms with E-state index in [4.69, 9.17) is 11.6 Å². The van der Waals surface area contributed by atoms with Crippen molar-refractivity contribution in [1.82, 2.24) is 20.1 Å². The minimum Gasteiger partial charge on any atom is -0.310 e. The number of hydrogen-bond donors (Lipinski definition) is 1. The zero-order valence-corrected chi connectivity index (χ0v) is 12.7. The maximum Gasteiger partial charge on any atom is 0.142 e. The van der Waals surface area contributed by atoms with E-state index in [1.165, 1.54) is 6.33 Å². The van der Waals surface area contributed by atoms with Crippen LogP contribution in [0.3, 0.4) is 0 Å². The molecule has 1 N–H and O–H groups in total. The Morgan fingerprint density at radius 3 is 2.71 bits per heavy atom. The average Bonchev–Trinajstić information content (AvgIpc) is 2.89. The number of benzene rings is 1. The molecule has 0 bridgehead atoms. The first-order valence-electron chi connectivity index (χ1n) is 6.81. The van der Waals surface area contributed by atoms with Gasteiger partial charge < -0.3 is 5.32 Å². The van der Waals surface area contributed by atoms with Crippen LogP contribution in [0.1, 0.15) is 31.3 Å². The monoisotopic (exact) mass is 314 g/mol. The molecule has 2 aromatic rings. The minimum absolute atomic E-state index is 0.219. The van der Waals surface area contributed by atoms with Crippen LogP contribution in [0, 0.1) is 11.6 Å². The molecule has 2 rings (SSSR count). The third-order valence-corrected chi connectivity index (χ3v) is 3.54. The highest BCUT2D eigenvalue weighted by atomic mass is 35.5. The number of aromatic nitrogens is 3. The Kier molecular flexibility index (Phi) is 5.25. The second kappa shape index (κ2) is 6.95. The normalized spacial score (nSPS) is 12.6.